The molecule has 0 radical (unpaired) electrons. The number of hydrogen-bond donors (Lipinski definition) is 0. The van der Waals surface area contributed by atoms with Gasteiger partial charge in [-0.15, -0.1) is 0 Å². The first-order valence-corrected chi connectivity index (χ1v) is 4.25. The molecule has 1 aromatic rings. The topological polar surface area (TPSA) is 17.1 Å². The van der Waals surface area contributed by atoms with Gasteiger partial charge in [-0.2, -0.15) is 0 Å². The molecule has 0 aromatic heterocycles. The molecule has 0 bridgehead atoms. The molecule has 0 heterocycles. The maximum Gasteiger partial charge on any atom is 0.161 e. The normalized spacial score (nSPS) is 10.0. The van der Waals surface area contributed by atoms with Crippen LogP contribution >= 0.6 is 22.6 Å². The Balaban J connectivity index is 3.37. The van der Waals surface area contributed by atoms with Crippen LogP contribution in [0.25, 0.3) is 0 Å². The van der Waals surface area contributed by atoms with Crippen LogP contribution in [-0.4, -0.2) is 5.78 Å². The number of carbonyl (C=O) groups is 1. The highest BCUT2D eigenvalue weighted by Gasteiger charge is 2.11. The lowest BCUT2D eigenvalue weighted by Gasteiger charge is -2.00. The molecule has 4 heteroatoms. The second-order valence-electron chi connectivity index (χ2n) is 2.31. The highest BCUT2D eigenvalue weighted by molar-refractivity contribution is 14.1. The van der Waals surface area contributed by atoms with Crippen molar-refractivity contribution in [3.8, 4) is 0 Å². The third-order valence-corrected chi connectivity index (χ3v) is 2.47. The summed E-state index contributed by atoms with van der Waals surface area (Å²) in [7, 11) is 0. The van der Waals surface area contributed by atoms with E-state index in [9.17, 15) is 13.6 Å². The zero-order valence-electron chi connectivity index (χ0n) is 6.20. The van der Waals surface area contributed by atoms with Crippen molar-refractivity contribution in [3.63, 3.8) is 0 Å². The molecular weight excluding hydrogens is 277 g/mol. The van der Waals surface area contributed by atoms with E-state index in [0.29, 0.717) is 0 Å². The predicted octanol–water partition coefficient (Wildman–Crippen LogP) is 2.77. The quantitative estimate of drug-likeness (QED) is 0.440. The van der Waals surface area contributed by atoms with E-state index in [4.69, 9.17) is 0 Å². The van der Waals surface area contributed by atoms with Gasteiger partial charge in [0.15, 0.2) is 5.78 Å². The number of rotatable bonds is 1. The SMILES string of the molecule is CC(=O)c1cc(F)cc(F)c1I. The Bertz CT molecular complexity index is 336. The van der Waals surface area contributed by atoms with Crippen LogP contribution in [0.5, 0.6) is 0 Å². The first kappa shape index (κ1) is 9.57. The molecule has 0 N–H and O–H groups in total. The van der Waals surface area contributed by atoms with Gasteiger partial charge >= 0.3 is 0 Å². The molecule has 0 aliphatic heterocycles. The number of Topliss-reactive ketones (excluding diaryl/α,β-unsaturated/α-hetero) is 1. The van der Waals surface area contributed by atoms with Crippen LogP contribution in [0.2, 0.25) is 0 Å². The molecule has 12 heavy (non-hydrogen) atoms. The molecule has 0 spiro atoms. The van der Waals surface area contributed by atoms with Gasteiger partial charge in [0.25, 0.3) is 0 Å². The average Bonchev–Trinajstić information content (AvgIpc) is 1.96. The first-order chi connectivity index (χ1) is 5.52. The highest BCUT2D eigenvalue weighted by atomic mass is 127. The lowest BCUT2D eigenvalue weighted by Crippen LogP contribution is -1.99. The van der Waals surface area contributed by atoms with Crippen LogP contribution in [-0.2, 0) is 0 Å². The lowest BCUT2D eigenvalue weighted by atomic mass is 10.1. The summed E-state index contributed by atoms with van der Waals surface area (Å²) in [6, 6.07) is 1.79. The van der Waals surface area contributed by atoms with E-state index in [1.807, 2.05) is 0 Å². The molecule has 0 amide bonds. The molecule has 0 unspecified atom stereocenters. The Labute approximate surface area is 81.9 Å². The average molecular weight is 282 g/mol. The molecule has 0 fully saturated rings. The van der Waals surface area contributed by atoms with Gasteiger partial charge in [0.2, 0.25) is 0 Å². The predicted molar refractivity (Wildman–Crippen MR) is 49.1 cm³/mol. The number of hydrogen-bond acceptors (Lipinski definition) is 1. The monoisotopic (exact) mass is 282 g/mol. The van der Waals surface area contributed by atoms with Crippen LogP contribution in [0.4, 0.5) is 8.78 Å². The van der Waals surface area contributed by atoms with Crippen molar-refractivity contribution in [2.24, 2.45) is 0 Å². The minimum absolute atomic E-state index is 0.0908. The Hall–Kier alpha value is -0.520. The van der Waals surface area contributed by atoms with Crippen LogP contribution < -0.4 is 0 Å². The third kappa shape index (κ3) is 1.80. The van der Waals surface area contributed by atoms with Gasteiger partial charge in [-0.3, -0.25) is 4.79 Å². The summed E-state index contributed by atoms with van der Waals surface area (Å²) in [6.45, 7) is 1.27. The molecule has 1 nitrogen and oxygen atoms in total. The van der Waals surface area contributed by atoms with Gasteiger partial charge in [-0.25, -0.2) is 8.78 Å². The van der Waals surface area contributed by atoms with Crippen LogP contribution in [0.3, 0.4) is 0 Å². The largest absolute Gasteiger partial charge is 0.294 e. The van der Waals surface area contributed by atoms with Gasteiger partial charge in [0, 0.05) is 11.6 Å². The summed E-state index contributed by atoms with van der Waals surface area (Å²) in [5, 5.41) is 0. The van der Waals surface area contributed by atoms with Crippen molar-refractivity contribution in [2.45, 2.75) is 6.92 Å². The maximum atomic E-state index is 12.8. The molecule has 64 valence electrons. The summed E-state index contributed by atoms with van der Waals surface area (Å²) >= 11 is 1.67. The minimum atomic E-state index is -0.724. The summed E-state index contributed by atoms with van der Waals surface area (Å²) < 4.78 is 25.5. The highest BCUT2D eigenvalue weighted by Crippen LogP contribution is 2.18. The van der Waals surface area contributed by atoms with Crippen molar-refractivity contribution >= 4 is 28.4 Å². The molecule has 0 aliphatic carbocycles. The Morgan fingerprint density at radius 1 is 1.42 bits per heavy atom. The number of carbonyl (C=O) groups excluding carboxylic acids is 1. The Morgan fingerprint density at radius 2 is 2.00 bits per heavy atom. The van der Waals surface area contributed by atoms with Gasteiger partial charge in [-0.05, 0) is 35.6 Å². The zero-order valence-corrected chi connectivity index (χ0v) is 8.35. The summed E-state index contributed by atoms with van der Waals surface area (Å²) in [5.41, 5.74) is 0.0908. The van der Waals surface area contributed by atoms with E-state index < -0.39 is 11.6 Å². The lowest BCUT2D eigenvalue weighted by molar-refractivity contribution is 0.101. The molecule has 0 aliphatic rings. The van der Waals surface area contributed by atoms with Crippen molar-refractivity contribution in [2.75, 3.05) is 0 Å². The summed E-state index contributed by atoms with van der Waals surface area (Å²) in [4.78, 5) is 10.8. The standard InChI is InChI=1S/C8H5F2IO/c1-4(12)6-2-5(9)3-7(10)8(6)11/h2-3H,1H3. The van der Waals surface area contributed by atoms with Crippen molar-refractivity contribution in [3.05, 3.63) is 32.9 Å². The van der Waals surface area contributed by atoms with E-state index in [0.717, 1.165) is 12.1 Å². The van der Waals surface area contributed by atoms with Crippen LogP contribution in [0.15, 0.2) is 12.1 Å². The van der Waals surface area contributed by atoms with E-state index in [-0.39, 0.29) is 14.9 Å². The smallest absolute Gasteiger partial charge is 0.161 e. The fraction of sp³-hybridized carbons (Fsp3) is 0.125. The van der Waals surface area contributed by atoms with Gasteiger partial charge in [0.1, 0.15) is 11.6 Å². The van der Waals surface area contributed by atoms with Gasteiger partial charge < -0.3 is 0 Å². The number of halogens is 3. The summed E-state index contributed by atoms with van der Waals surface area (Å²) in [5.74, 6) is -1.75. The van der Waals surface area contributed by atoms with E-state index in [2.05, 4.69) is 0 Å². The van der Waals surface area contributed by atoms with Crippen LogP contribution in [0.1, 0.15) is 17.3 Å². The number of benzene rings is 1. The van der Waals surface area contributed by atoms with E-state index in [1.165, 1.54) is 6.92 Å². The maximum absolute atomic E-state index is 12.8. The molecule has 0 saturated carbocycles. The van der Waals surface area contributed by atoms with E-state index >= 15 is 0 Å². The fourth-order valence-electron chi connectivity index (χ4n) is 0.812. The first-order valence-electron chi connectivity index (χ1n) is 3.18. The molecular formula is C8H5F2IO. The molecule has 1 aromatic carbocycles. The summed E-state index contributed by atoms with van der Waals surface area (Å²) in [6.07, 6.45) is 0. The van der Waals surface area contributed by atoms with Gasteiger partial charge in [-0.1, -0.05) is 0 Å². The second kappa shape index (κ2) is 3.47. The molecule has 0 saturated heterocycles. The minimum Gasteiger partial charge on any atom is -0.294 e. The zero-order chi connectivity index (χ0) is 9.30. The van der Waals surface area contributed by atoms with Crippen LogP contribution in [0, 0.1) is 15.2 Å². The number of ketones is 1. The van der Waals surface area contributed by atoms with Gasteiger partial charge in [0.05, 0.1) is 3.57 Å². The Morgan fingerprint density at radius 3 is 2.50 bits per heavy atom. The molecule has 1 rings (SSSR count). The molecule has 0 atom stereocenters. The van der Waals surface area contributed by atoms with Crippen molar-refractivity contribution in [1.82, 2.24) is 0 Å². The van der Waals surface area contributed by atoms with E-state index in [1.54, 1.807) is 22.6 Å². The van der Waals surface area contributed by atoms with Crippen molar-refractivity contribution in [1.29, 1.82) is 0 Å². The fourth-order valence-corrected chi connectivity index (χ4v) is 1.50. The second-order valence-corrected chi connectivity index (χ2v) is 3.38. The third-order valence-electron chi connectivity index (χ3n) is 1.37. The van der Waals surface area contributed by atoms with Crippen molar-refractivity contribution < 1.29 is 13.6 Å². The Kier molecular flexibility index (Phi) is 2.76.